The first-order valence-electron chi connectivity index (χ1n) is 4.50. The normalized spacial score (nSPS) is 12.6. The molecule has 0 heterocycles. The van der Waals surface area contributed by atoms with E-state index in [-0.39, 0.29) is 5.91 Å². The molecule has 0 spiro atoms. The van der Waals surface area contributed by atoms with E-state index in [4.69, 9.17) is 0 Å². The minimum Gasteiger partial charge on any atom is -0.349 e. The maximum atomic E-state index is 11.2. The summed E-state index contributed by atoms with van der Waals surface area (Å²) in [5.41, 5.74) is 0. The number of carbonyl (C=O) groups excluding carboxylic acids is 1. The molecule has 0 aliphatic heterocycles. The minimum absolute atomic E-state index is 0.184. The highest BCUT2D eigenvalue weighted by molar-refractivity contribution is 7.98. The Morgan fingerprint density at radius 3 is 2.62 bits per heavy atom. The third-order valence-corrected chi connectivity index (χ3v) is 2.58. The lowest BCUT2D eigenvalue weighted by Crippen LogP contribution is -2.32. The number of nitrogens with one attached hydrogen (secondary N) is 1. The van der Waals surface area contributed by atoms with E-state index in [1.807, 2.05) is 11.8 Å². The summed E-state index contributed by atoms with van der Waals surface area (Å²) in [4.78, 5) is 12.8. The van der Waals surface area contributed by atoms with Crippen molar-refractivity contribution < 1.29 is 4.79 Å². The summed E-state index contributed by atoms with van der Waals surface area (Å²) in [6.45, 7) is 2.91. The SMILES string of the molecule is CSCC(C)NCCC(=O)N(C)C. The summed E-state index contributed by atoms with van der Waals surface area (Å²) in [5, 5.41) is 3.30. The minimum atomic E-state index is 0.184. The Kier molecular flexibility index (Phi) is 7.09. The Morgan fingerprint density at radius 2 is 2.15 bits per heavy atom. The van der Waals surface area contributed by atoms with Gasteiger partial charge in [-0.25, -0.2) is 0 Å². The lowest BCUT2D eigenvalue weighted by molar-refractivity contribution is -0.128. The van der Waals surface area contributed by atoms with Crippen molar-refractivity contribution >= 4 is 17.7 Å². The Morgan fingerprint density at radius 1 is 1.54 bits per heavy atom. The third-order valence-electron chi connectivity index (χ3n) is 1.75. The predicted octanol–water partition coefficient (Wildman–Crippen LogP) is 0.806. The van der Waals surface area contributed by atoms with Crippen molar-refractivity contribution in [3.05, 3.63) is 0 Å². The zero-order chi connectivity index (χ0) is 10.3. The molecular formula is C9H20N2OS. The smallest absolute Gasteiger partial charge is 0.223 e. The van der Waals surface area contributed by atoms with Crippen LogP contribution in [0, 0.1) is 0 Å². The topological polar surface area (TPSA) is 32.3 Å². The molecule has 0 rings (SSSR count). The Hall–Kier alpha value is -0.220. The molecule has 0 aromatic carbocycles. The molecule has 78 valence electrons. The fraction of sp³-hybridized carbons (Fsp3) is 0.889. The third kappa shape index (κ3) is 6.90. The molecule has 3 nitrogen and oxygen atoms in total. The van der Waals surface area contributed by atoms with Crippen LogP contribution in [-0.4, -0.2) is 49.5 Å². The van der Waals surface area contributed by atoms with E-state index >= 15 is 0 Å². The maximum absolute atomic E-state index is 11.2. The Labute approximate surface area is 85.3 Å². The molecule has 0 saturated heterocycles. The van der Waals surface area contributed by atoms with E-state index < -0.39 is 0 Å². The first kappa shape index (κ1) is 12.8. The molecule has 0 bridgehead atoms. The van der Waals surface area contributed by atoms with Crippen LogP contribution in [0.2, 0.25) is 0 Å². The van der Waals surface area contributed by atoms with Gasteiger partial charge >= 0.3 is 0 Å². The molecule has 0 aliphatic carbocycles. The molecule has 0 aromatic rings. The van der Waals surface area contributed by atoms with Crippen LogP contribution in [0.1, 0.15) is 13.3 Å². The molecule has 1 N–H and O–H groups in total. The van der Waals surface area contributed by atoms with Crippen LogP contribution in [0.3, 0.4) is 0 Å². The van der Waals surface area contributed by atoms with Crippen molar-refractivity contribution in [1.82, 2.24) is 10.2 Å². The summed E-state index contributed by atoms with van der Waals surface area (Å²) in [7, 11) is 3.57. The van der Waals surface area contributed by atoms with Gasteiger partial charge in [0.15, 0.2) is 0 Å². The van der Waals surface area contributed by atoms with Gasteiger partial charge in [0, 0.05) is 38.9 Å². The summed E-state index contributed by atoms with van der Waals surface area (Å²) >= 11 is 1.82. The average molecular weight is 204 g/mol. The molecule has 0 radical (unpaired) electrons. The number of thioether (sulfide) groups is 1. The van der Waals surface area contributed by atoms with Crippen LogP contribution in [0.5, 0.6) is 0 Å². The van der Waals surface area contributed by atoms with Crippen molar-refractivity contribution in [1.29, 1.82) is 0 Å². The fourth-order valence-electron chi connectivity index (χ4n) is 0.958. The molecule has 1 atom stereocenters. The van der Waals surface area contributed by atoms with Gasteiger partial charge in [0.25, 0.3) is 0 Å². The van der Waals surface area contributed by atoms with E-state index in [0.29, 0.717) is 12.5 Å². The van der Waals surface area contributed by atoms with Crippen molar-refractivity contribution in [2.24, 2.45) is 0 Å². The number of amides is 1. The standard InChI is InChI=1S/C9H20N2OS/c1-8(7-13-4)10-6-5-9(12)11(2)3/h8,10H,5-7H2,1-4H3. The van der Waals surface area contributed by atoms with Gasteiger partial charge in [0.1, 0.15) is 0 Å². The number of nitrogens with zero attached hydrogens (tertiary/aromatic N) is 1. The summed E-state index contributed by atoms with van der Waals surface area (Å²) in [6.07, 6.45) is 2.68. The molecule has 0 aliphatic rings. The largest absolute Gasteiger partial charge is 0.349 e. The molecule has 1 unspecified atom stereocenters. The van der Waals surface area contributed by atoms with Gasteiger partial charge in [-0.15, -0.1) is 0 Å². The lowest BCUT2D eigenvalue weighted by Gasteiger charge is -2.14. The van der Waals surface area contributed by atoms with E-state index in [2.05, 4.69) is 18.5 Å². The molecule has 4 heteroatoms. The Bertz CT molecular complexity index is 151. The second-order valence-corrected chi connectivity index (χ2v) is 4.26. The van der Waals surface area contributed by atoms with Crippen LogP contribution in [0.25, 0.3) is 0 Å². The van der Waals surface area contributed by atoms with Crippen molar-refractivity contribution in [3.8, 4) is 0 Å². The molecular weight excluding hydrogens is 184 g/mol. The fourth-order valence-corrected chi connectivity index (χ4v) is 1.58. The summed E-state index contributed by atoms with van der Waals surface area (Å²) in [5.74, 6) is 1.28. The van der Waals surface area contributed by atoms with Crippen LogP contribution < -0.4 is 5.32 Å². The van der Waals surface area contributed by atoms with Gasteiger partial charge in [-0.3, -0.25) is 4.79 Å². The molecule has 0 aromatic heterocycles. The first-order valence-corrected chi connectivity index (χ1v) is 5.89. The van der Waals surface area contributed by atoms with E-state index in [0.717, 1.165) is 12.3 Å². The van der Waals surface area contributed by atoms with Gasteiger partial charge in [-0.1, -0.05) is 0 Å². The van der Waals surface area contributed by atoms with Gasteiger partial charge < -0.3 is 10.2 Å². The zero-order valence-electron chi connectivity index (χ0n) is 8.96. The van der Waals surface area contributed by atoms with Gasteiger partial charge in [-0.05, 0) is 13.2 Å². The maximum Gasteiger partial charge on any atom is 0.223 e. The predicted molar refractivity (Wildman–Crippen MR) is 59.2 cm³/mol. The molecule has 13 heavy (non-hydrogen) atoms. The van der Waals surface area contributed by atoms with E-state index in [1.54, 1.807) is 19.0 Å². The second-order valence-electron chi connectivity index (χ2n) is 3.35. The quantitative estimate of drug-likeness (QED) is 0.695. The van der Waals surface area contributed by atoms with E-state index in [1.165, 1.54) is 0 Å². The van der Waals surface area contributed by atoms with Crippen molar-refractivity contribution in [2.45, 2.75) is 19.4 Å². The van der Waals surface area contributed by atoms with Crippen molar-refractivity contribution in [3.63, 3.8) is 0 Å². The van der Waals surface area contributed by atoms with Gasteiger partial charge in [-0.2, -0.15) is 11.8 Å². The van der Waals surface area contributed by atoms with Crippen LogP contribution >= 0.6 is 11.8 Å². The summed E-state index contributed by atoms with van der Waals surface area (Å²) in [6, 6.07) is 0.491. The molecule has 1 amide bonds. The van der Waals surface area contributed by atoms with E-state index in [9.17, 15) is 4.79 Å². The number of rotatable bonds is 6. The number of carbonyl (C=O) groups is 1. The highest BCUT2D eigenvalue weighted by atomic mass is 32.2. The van der Waals surface area contributed by atoms with Crippen molar-refractivity contribution in [2.75, 3.05) is 32.6 Å². The van der Waals surface area contributed by atoms with Gasteiger partial charge in [0.2, 0.25) is 5.91 Å². The number of hydrogen-bond acceptors (Lipinski definition) is 3. The van der Waals surface area contributed by atoms with Crippen LogP contribution in [0.15, 0.2) is 0 Å². The highest BCUT2D eigenvalue weighted by Gasteiger charge is 2.04. The molecule has 0 fully saturated rings. The monoisotopic (exact) mass is 204 g/mol. The Balaban J connectivity index is 3.39. The molecule has 0 saturated carbocycles. The van der Waals surface area contributed by atoms with Crippen LogP contribution in [0.4, 0.5) is 0 Å². The number of hydrogen-bond donors (Lipinski definition) is 1. The second kappa shape index (κ2) is 7.21. The first-order chi connectivity index (χ1) is 6.07. The highest BCUT2D eigenvalue weighted by Crippen LogP contribution is 1.96. The zero-order valence-corrected chi connectivity index (χ0v) is 9.78. The average Bonchev–Trinajstić information content (AvgIpc) is 2.04. The van der Waals surface area contributed by atoms with Gasteiger partial charge in [0.05, 0.1) is 0 Å². The summed E-state index contributed by atoms with van der Waals surface area (Å²) < 4.78 is 0. The van der Waals surface area contributed by atoms with Crippen LogP contribution in [-0.2, 0) is 4.79 Å². The lowest BCUT2D eigenvalue weighted by atomic mass is 10.3.